The third-order valence-electron chi connectivity index (χ3n) is 2.01. The molecule has 0 saturated carbocycles. The standard InChI is InChI=1S/C11H10O4/c1-7(8-5-3-2-4-6-8)9(10(12)13)11(14)15/h2-6H,1H3,(H,12,13)(H,14,15). The van der Waals surface area contributed by atoms with Crippen LogP contribution in [0.15, 0.2) is 35.9 Å². The summed E-state index contributed by atoms with van der Waals surface area (Å²) in [5.74, 6) is -2.85. The number of carbonyl (C=O) groups is 2. The van der Waals surface area contributed by atoms with Crippen LogP contribution in [0.2, 0.25) is 0 Å². The lowest BCUT2D eigenvalue weighted by Gasteiger charge is -2.04. The smallest absolute Gasteiger partial charge is 0.343 e. The number of rotatable bonds is 3. The SMILES string of the molecule is CC(=C(C(=O)O)C(=O)O)c1ccccc1. The van der Waals surface area contributed by atoms with Crippen molar-refractivity contribution in [3.63, 3.8) is 0 Å². The summed E-state index contributed by atoms with van der Waals surface area (Å²) in [6.07, 6.45) is 0. The number of hydrogen-bond donors (Lipinski definition) is 2. The maximum Gasteiger partial charge on any atom is 0.343 e. The van der Waals surface area contributed by atoms with Gasteiger partial charge in [0.05, 0.1) is 0 Å². The van der Waals surface area contributed by atoms with Gasteiger partial charge in [0.2, 0.25) is 0 Å². The van der Waals surface area contributed by atoms with Crippen LogP contribution in [0, 0.1) is 0 Å². The Morgan fingerprint density at radius 1 is 1.00 bits per heavy atom. The van der Waals surface area contributed by atoms with Crippen LogP contribution >= 0.6 is 0 Å². The normalized spacial score (nSPS) is 9.40. The minimum absolute atomic E-state index is 0.246. The molecule has 0 aromatic heterocycles. The van der Waals surface area contributed by atoms with E-state index in [0.29, 0.717) is 5.56 Å². The second-order valence-electron chi connectivity index (χ2n) is 2.98. The number of aliphatic carboxylic acids is 2. The van der Waals surface area contributed by atoms with Gasteiger partial charge in [0.25, 0.3) is 0 Å². The van der Waals surface area contributed by atoms with Gasteiger partial charge in [0.1, 0.15) is 5.57 Å². The van der Waals surface area contributed by atoms with Crippen molar-refractivity contribution in [2.24, 2.45) is 0 Å². The fraction of sp³-hybridized carbons (Fsp3) is 0.0909. The lowest BCUT2D eigenvalue weighted by Crippen LogP contribution is -2.13. The van der Waals surface area contributed by atoms with Gasteiger partial charge >= 0.3 is 11.9 Å². The molecule has 0 aliphatic heterocycles. The number of allylic oxidation sites excluding steroid dienone is 1. The van der Waals surface area contributed by atoms with Gasteiger partial charge in [-0.3, -0.25) is 0 Å². The molecule has 15 heavy (non-hydrogen) atoms. The van der Waals surface area contributed by atoms with E-state index in [0.717, 1.165) is 0 Å². The van der Waals surface area contributed by atoms with Gasteiger partial charge in [0.15, 0.2) is 0 Å². The summed E-state index contributed by atoms with van der Waals surface area (Å²) in [5.41, 5.74) is 0.245. The number of hydrogen-bond acceptors (Lipinski definition) is 2. The Bertz CT molecular complexity index is 401. The van der Waals surface area contributed by atoms with Crippen molar-refractivity contribution < 1.29 is 19.8 Å². The zero-order chi connectivity index (χ0) is 11.4. The van der Waals surface area contributed by atoms with E-state index in [1.54, 1.807) is 30.3 Å². The van der Waals surface area contributed by atoms with Crippen LogP contribution < -0.4 is 0 Å². The van der Waals surface area contributed by atoms with E-state index in [1.807, 2.05) is 0 Å². The number of carboxylic acid groups (broad SMARTS) is 2. The average Bonchev–Trinajstić information content (AvgIpc) is 2.18. The zero-order valence-corrected chi connectivity index (χ0v) is 8.10. The van der Waals surface area contributed by atoms with Crippen molar-refractivity contribution in [2.45, 2.75) is 6.92 Å². The van der Waals surface area contributed by atoms with Crippen molar-refractivity contribution in [3.8, 4) is 0 Å². The first-order valence-corrected chi connectivity index (χ1v) is 4.27. The van der Waals surface area contributed by atoms with Crippen molar-refractivity contribution in [1.29, 1.82) is 0 Å². The third kappa shape index (κ3) is 2.43. The predicted molar refractivity (Wildman–Crippen MR) is 54.3 cm³/mol. The molecule has 78 valence electrons. The molecule has 0 atom stereocenters. The van der Waals surface area contributed by atoms with E-state index in [1.165, 1.54) is 6.92 Å². The van der Waals surface area contributed by atoms with E-state index in [9.17, 15) is 9.59 Å². The van der Waals surface area contributed by atoms with Gasteiger partial charge in [-0.25, -0.2) is 9.59 Å². The number of benzene rings is 1. The minimum Gasteiger partial charge on any atom is -0.477 e. The van der Waals surface area contributed by atoms with Crippen molar-refractivity contribution in [2.75, 3.05) is 0 Å². The maximum absolute atomic E-state index is 10.7. The van der Waals surface area contributed by atoms with Gasteiger partial charge in [0, 0.05) is 0 Å². The highest BCUT2D eigenvalue weighted by Gasteiger charge is 2.19. The first-order valence-electron chi connectivity index (χ1n) is 4.27. The van der Waals surface area contributed by atoms with E-state index in [4.69, 9.17) is 10.2 Å². The molecule has 1 aromatic rings. The molecule has 4 heteroatoms. The van der Waals surface area contributed by atoms with E-state index in [-0.39, 0.29) is 5.57 Å². The fourth-order valence-corrected chi connectivity index (χ4v) is 1.24. The van der Waals surface area contributed by atoms with Gasteiger partial charge in [-0.15, -0.1) is 0 Å². The molecule has 0 bridgehead atoms. The quantitative estimate of drug-likeness (QED) is 0.447. The summed E-state index contributed by atoms with van der Waals surface area (Å²) in [6, 6.07) is 8.56. The Labute approximate surface area is 86.5 Å². The van der Waals surface area contributed by atoms with Crippen LogP contribution in [0.5, 0.6) is 0 Å². The monoisotopic (exact) mass is 206 g/mol. The molecule has 0 aliphatic carbocycles. The molecule has 4 nitrogen and oxygen atoms in total. The summed E-state index contributed by atoms with van der Waals surface area (Å²) in [7, 11) is 0. The highest BCUT2D eigenvalue weighted by atomic mass is 16.4. The molecule has 2 N–H and O–H groups in total. The Morgan fingerprint density at radius 3 is 1.87 bits per heavy atom. The Hall–Kier alpha value is -2.10. The van der Waals surface area contributed by atoms with Crippen molar-refractivity contribution >= 4 is 17.5 Å². The van der Waals surface area contributed by atoms with Gasteiger partial charge in [-0.2, -0.15) is 0 Å². The van der Waals surface area contributed by atoms with Gasteiger partial charge < -0.3 is 10.2 Å². The summed E-state index contributed by atoms with van der Waals surface area (Å²) in [4.78, 5) is 21.4. The average molecular weight is 206 g/mol. The lowest BCUT2D eigenvalue weighted by molar-refractivity contribution is -0.140. The van der Waals surface area contributed by atoms with Crippen LogP contribution in [0.1, 0.15) is 12.5 Å². The summed E-state index contributed by atoms with van der Waals surface area (Å²) >= 11 is 0. The molecule has 1 rings (SSSR count). The summed E-state index contributed by atoms with van der Waals surface area (Å²) < 4.78 is 0. The van der Waals surface area contributed by atoms with E-state index in [2.05, 4.69) is 0 Å². The fourth-order valence-electron chi connectivity index (χ4n) is 1.24. The van der Waals surface area contributed by atoms with Gasteiger partial charge in [-0.05, 0) is 18.1 Å². The molecule has 0 saturated heterocycles. The molecular formula is C11H10O4. The molecule has 0 aliphatic rings. The summed E-state index contributed by atoms with van der Waals surface area (Å²) in [5, 5.41) is 17.5. The minimum atomic E-state index is -1.43. The molecule has 0 unspecified atom stereocenters. The topological polar surface area (TPSA) is 74.6 Å². The van der Waals surface area contributed by atoms with Crippen LogP contribution in [-0.4, -0.2) is 22.2 Å². The molecule has 1 aromatic carbocycles. The molecule has 0 spiro atoms. The van der Waals surface area contributed by atoms with Crippen LogP contribution in [-0.2, 0) is 9.59 Å². The molecule has 0 amide bonds. The molecule has 0 radical (unpaired) electrons. The molecular weight excluding hydrogens is 196 g/mol. The van der Waals surface area contributed by atoms with Crippen molar-refractivity contribution in [3.05, 3.63) is 41.5 Å². The van der Waals surface area contributed by atoms with E-state index < -0.39 is 17.5 Å². The first-order chi connectivity index (χ1) is 7.04. The Kier molecular flexibility index (Phi) is 3.23. The second-order valence-corrected chi connectivity index (χ2v) is 2.98. The maximum atomic E-state index is 10.7. The van der Waals surface area contributed by atoms with Crippen LogP contribution in [0.4, 0.5) is 0 Å². The molecule has 0 heterocycles. The van der Waals surface area contributed by atoms with Crippen LogP contribution in [0.3, 0.4) is 0 Å². The third-order valence-corrected chi connectivity index (χ3v) is 2.01. The summed E-state index contributed by atoms with van der Waals surface area (Å²) in [6.45, 7) is 1.48. The van der Waals surface area contributed by atoms with Gasteiger partial charge in [-0.1, -0.05) is 30.3 Å². The largest absolute Gasteiger partial charge is 0.477 e. The highest BCUT2D eigenvalue weighted by Crippen LogP contribution is 2.18. The van der Waals surface area contributed by atoms with Crippen LogP contribution in [0.25, 0.3) is 5.57 Å². The Morgan fingerprint density at radius 2 is 1.47 bits per heavy atom. The number of carboxylic acids is 2. The first kappa shape index (κ1) is 11.0. The van der Waals surface area contributed by atoms with E-state index >= 15 is 0 Å². The molecule has 0 fully saturated rings. The zero-order valence-electron chi connectivity index (χ0n) is 8.10. The lowest BCUT2D eigenvalue weighted by atomic mass is 10.0. The Balaban J connectivity index is 3.29. The van der Waals surface area contributed by atoms with Crippen molar-refractivity contribution in [1.82, 2.24) is 0 Å². The predicted octanol–water partition coefficient (Wildman–Crippen LogP) is 1.63. The second kappa shape index (κ2) is 4.41. The highest BCUT2D eigenvalue weighted by molar-refractivity contribution is 6.18.